The lowest BCUT2D eigenvalue weighted by atomic mass is 10.3. The molecular weight excluding hydrogens is 399 g/mol. The Hall–Kier alpha value is -3.24. The van der Waals surface area contributed by atoms with Gasteiger partial charge in [0.25, 0.3) is 0 Å². The lowest BCUT2D eigenvalue weighted by molar-refractivity contribution is 0.445. The van der Waals surface area contributed by atoms with Crippen molar-refractivity contribution in [3.05, 3.63) is 60.4 Å². The fourth-order valence-corrected chi connectivity index (χ4v) is 4.37. The van der Waals surface area contributed by atoms with Crippen molar-refractivity contribution in [3.63, 3.8) is 0 Å². The topological polar surface area (TPSA) is 91.2 Å². The quantitative estimate of drug-likeness (QED) is 0.469. The van der Waals surface area contributed by atoms with E-state index >= 15 is 0 Å². The second-order valence-electron chi connectivity index (χ2n) is 5.74. The highest BCUT2D eigenvalue weighted by molar-refractivity contribution is 7.99. The van der Waals surface area contributed by atoms with Crippen molar-refractivity contribution < 1.29 is 9.13 Å². The molecule has 0 atom stereocenters. The van der Waals surface area contributed by atoms with Gasteiger partial charge < -0.3 is 10.5 Å². The summed E-state index contributed by atoms with van der Waals surface area (Å²) in [6, 6.07) is 15.1. The molecule has 0 fully saturated rings. The molecule has 5 rings (SSSR count). The molecule has 28 heavy (non-hydrogen) atoms. The first-order chi connectivity index (χ1) is 13.7. The van der Waals surface area contributed by atoms with E-state index in [0.29, 0.717) is 27.6 Å². The Morgan fingerprint density at radius 3 is 2.86 bits per heavy atom. The highest BCUT2D eigenvalue weighted by atomic mass is 32.2. The minimum atomic E-state index is -0.380. The van der Waals surface area contributed by atoms with Crippen LogP contribution in [0.4, 0.5) is 9.52 Å². The number of aromatic nitrogens is 5. The molecule has 2 N–H and O–H groups in total. The molecule has 3 heterocycles. The molecular formula is C18H11FN6OS2. The highest BCUT2D eigenvalue weighted by Gasteiger charge is 2.14. The monoisotopic (exact) mass is 410 g/mol. The number of nitrogens with two attached hydrogens (primary N) is 1. The summed E-state index contributed by atoms with van der Waals surface area (Å²) >= 11 is 2.82. The van der Waals surface area contributed by atoms with E-state index < -0.39 is 0 Å². The Labute approximate surface area is 166 Å². The number of fused-ring (bicyclic) bond motifs is 2. The smallest absolute Gasteiger partial charge is 0.237 e. The molecule has 2 aromatic carbocycles. The molecule has 0 aliphatic rings. The first-order valence-electron chi connectivity index (χ1n) is 8.14. The van der Waals surface area contributed by atoms with Crippen molar-refractivity contribution in [2.24, 2.45) is 0 Å². The van der Waals surface area contributed by atoms with Gasteiger partial charge in [-0.3, -0.25) is 0 Å². The largest absolute Gasteiger partial charge is 0.437 e. The van der Waals surface area contributed by atoms with Gasteiger partial charge in [0.05, 0.1) is 10.2 Å². The number of rotatable bonds is 4. The third kappa shape index (κ3) is 3.12. The average molecular weight is 410 g/mol. The minimum Gasteiger partial charge on any atom is -0.437 e. The number of anilines is 1. The van der Waals surface area contributed by atoms with Gasteiger partial charge in [-0.05, 0) is 42.1 Å². The molecule has 0 bridgehead atoms. The maximum atomic E-state index is 13.4. The lowest BCUT2D eigenvalue weighted by Crippen LogP contribution is -1.97. The Morgan fingerprint density at radius 2 is 1.96 bits per heavy atom. The fourth-order valence-electron chi connectivity index (χ4n) is 2.64. The number of halogens is 1. The molecule has 138 valence electrons. The molecule has 0 aliphatic heterocycles. The molecule has 0 saturated heterocycles. The van der Waals surface area contributed by atoms with Crippen LogP contribution in [0.5, 0.6) is 11.6 Å². The van der Waals surface area contributed by atoms with Gasteiger partial charge in [-0.25, -0.2) is 9.37 Å². The molecule has 10 heteroatoms. The zero-order valence-electron chi connectivity index (χ0n) is 14.1. The summed E-state index contributed by atoms with van der Waals surface area (Å²) in [4.78, 5) is 5.29. The number of benzene rings is 2. The Kier molecular flexibility index (Phi) is 4.06. The third-order valence-corrected chi connectivity index (χ3v) is 5.66. The van der Waals surface area contributed by atoms with Crippen LogP contribution in [0, 0.1) is 5.82 Å². The average Bonchev–Trinajstić information content (AvgIpc) is 3.25. The maximum absolute atomic E-state index is 13.4. The van der Waals surface area contributed by atoms with Crippen molar-refractivity contribution >= 4 is 44.1 Å². The van der Waals surface area contributed by atoms with E-state index in [1.807, 2.05) is 18.2 Å². The zero-order valence-corrected chi connectivity index (χ0v) is 15.7. The first-order valence-corrected chi connectivity index (χ1v) is 9.78. The van der Waals surface area contributed by atoms with Gasteiger partial charge in [-0.1, -0.05) is 23.5 Å². The fraction of sp³-hybridized carbons (Fsp3) is 0. The van der Waals surface area contributed by atoms with E-state index in [1.54, 1.807) is 28.8 Å². The van der Waals surface area contributed by atoms with Crippen LogP contribution in [0.2, 0.25) is 0 Å². The van der Waals surface area contributed by atoms with E-state index in [1.165, 1.54) is 35.2 Å². The van der Waals surface area contributed by atoms with Gasteiger partial charge in [0, 0.05) is 17.0 Å². The number of hydrogen-bond acceptors (Lipinski definition) is 8. The number of nitrogens with zero attached hydrogens (tertiary/aromatic N) is 5. The van der Waals surface area contributed by atoms with E-state index in [4.69, 9.17) is 10.5 Å². The molecule has 0 unspecified atom stereocenters. The summed E-state index contributed by atoms with van der Waals surface area (Å²) in [7, 11) is 0. The number of ether oxygens (including phenoxy) is 1. The van der Waals surface area contributed by atoms with E-state index in [2.05, 4.69) is 20.3 Å². The molecule has 0 spiro atoms. The maximum Gasteiger partial charge on any atom is 0.237 e. The number of para-hydroxylation sites is 1. The predicted molar refractivity (Wildman–Crippen MR) is 105 cm³/mol. The van der Waals surface area contributed by atoms with Crippen molar-refractivity contribution in [2.45, 2.75) is 10.1 Å². The highest BCUT2D eigenvalue weighted by Crippen LogP contribution is 2.35. The van der Waals surface area contributed by atoms with Crippen LogP contribution in [0.1, 0.15) is 0 Å². The normalized spacial score (nSPS) is 11.3. The van der Waals surface area contributed by atoms with E-state index in [0.717, 1.165) is 15.1 Å². The summed E-state index contributed by atoms with van der Waals surface area (Å²) in [5.74, 6) is 0.280. The number of thiazole rings is 1. The Morgan fingerprint density at radius 1 is 1.07 bits per heavy atom. The van der Waals surface area contributed by atoms with Crippen LogP contribution >= 0.6 is 23.1 Å². The summed E-state index contributed by atoms with van der Waals surface area (Å²) in [6.45, 7) is 0. The molecule has 0 radical (unpaired) electrons. The molecule has 0 amide bonds. The summed E-state index contributed by atoms with van der Waals surface area (Å²) in [5, 5.41) is 13.8. The molecule has 3 aromatic heterocycles. The lowest BCUT2D eigenvalue weighted by Gasteiger charge is -2.05. The number of nitrogen functional groups attached to an aromatic ring is 1. The van der Waals surface area contributed by atoms with Crippen LogP contribution in [0.25, 0.3) is 15.9 Å². The molecule has 5 aromatic rings. The van der Waals surface area contributed by atoms with Gasteiger partial charge in [-0.15, -0.1) is 15.3 Å². The first kappa shape index (κ1) is 16.9. The van der Waals surface area contributed by atoms with Gasteiger partial charge in [0.1, 0.15) is 11.6 Å². The second kappa shape index (κ2) is 6.73. The van der Waals surface area contributed by atoms with Crippen molar-refractivity contribution in [1.82, 2.24) is 24.8 Å². The van der Waals surface area contributed by atoms with Gasteiger partial charge >= 0.3 is 0 Å². The molecule has 0 aliphatic carbocycles. The standard InChI is InChI=1S/C18H11FN6OS2/c19-10-3-1-4-11(9-10)26-15-8-7-14-22-23-18(25(14)24-15)28-13-6-2-5-12-16(13)21-17(20)27-12/h1-9H,(H2,20,21). The SMILES string of the molecule is Nc1nc2c(Sc3nnc4ccc(Oc5cccc(F)c5)nn34)cccc2s1. The third-order valence-electron chi connectivity index (χ3n) is 3.83. The second-order valence-corrected chi connectivity index (χ2v) is 7.81. The van der Waals surface area contributed by atoms with Gasteiger partial charge in [-0.2, -0.15) is 4.52 Å². The van der Waals surface area contributed by atoms with Crippen LogP contribution in [0.3, 0.4) is 0 Å². The van der Waals surface area contributed by atoms with Crippen molar-refractivity contribution in [3.8, 4) is 11.6 Å². The minimum absolute atomic E-state index is 0.302. The summed E-state index contributed by atoms with van der Waals surface area (Å²) < 4.78 is 21.6. The number of hydrogen-bond donors (Lipinski definition) is 1. The predicted octanol–water partition coefficient (Wildman–Crippen LogP) is 4.40. The summed E-state index contributed by atoms with van der Waals surface area (Å²) in [5.41, 5.74) is 7.22. The van der Waals surface area contributed by atoms with Gasteiger partial charge in [0.15, 0.2) is 10.8 Å². The van der Waals surface area contributed by atoms with Crippen LogP contribution in [-0.2, 0) is 0 Å². The Bertz CT molecular complexity index is 1320. The Balaban J connectivity index is 1.51. The van der Waals surface area contributed by atoms with E-state index in [-0.39, 0.29) is 5.82 Å². The molecule has 7 nitrogen and oxygen atoms in total. The van der Waals surface area contributed by atoms with Gasteiger partial charge in [0.2, 0.25) is 11.0 Å². The van der Waals surface area contributed by atoms with Crippen LogP contribution < -0.4 is 10.5 Å². The van der Waals surface area contributed by atoms with E-state index in [9.17, 15) is 4.39 Å². The molecule has 0 saturated carbocycles. The van der Waals surface area contributed by atoms with Crippen LogP contribution in [-0.4, -0.2) is 24.8 Å². The zero-order chi connectivity index (χ0) is 19.1. The van der Waals surface area contributed by atoms with Crippen molar-refractivity contribution in [1.29, 1.82) is 0 Å². The van der Waals surface area contributed by atoms with Crippen molar-refractivity contribution in [2.75, 3.05) is 5.73 Å². The summed E-state index contributed by atoms with van der Waals surface area (Å²) in [6.07, 6.45) is 0. The van der Waals surface area contributed by atoms with Crippen LogP contribution in [0.15, 0.2) is 64.6 Å².